The molecule has 1 aromatic heterocycles. The van der Waals surface area contributed by atoms with Crippen molar-refractivity contribution in [1.82, 2.24) is 19.4 Å². The molecule has 0 spiro atoms. The Hall–Kier alpha value is -1.76. The Kier molecular flexibility index (Phi) is 6.70. The van der Waals surface area contributed by atoms with Crippen LogP contribution in [0.5, 0.6) is 5.75 Å². The second-order valence-corrected chi connectivity index (χ2v) is 8.81. The fraction of sp³-hybridized carbons (Fsp3) is 0.545. The number of amides is 1. The quantitative estimate of drug-likeness (QED) is 0.698. The lowest BCUT2D eigenvalue weighted by molar-refractivity contribution is -0.137. The first-order valence-electron chi connectivity index (χ1n) is 10.2. The molecule has 0 N–H and O–H groups in total. The van der Waals surface area contributed by atoms with Crippen molar-refractivity contribution in [1.29, 1.82) is 0 Å². The molecule has 1 aromatic carbocycles. The van der Waals surface area contributed by atoms with E-state index in [0.717, 1.165) is 44.8 Å². The molecule has 3 heterocycles. The maximum Gasteiger partial charge on any atom is 0.230 e. The third kappa shape index (κ3) is 3.93. The highest BCUT2D eigenvalue weighted by Crippen LogP contribution is 2.51. The molecule has 5 rings (SSSR count). The van der Waals surface area contributed by atoms with Crippen LogP contribution in [0.3, 0.4) is 0 Å². The lowest BCUT2D eigenvalue weighted by atomic mass is 9.89. The summed E-state index contributed by atoms with van der Waals surface area (Å²) in [7, 11) is 3.91. The highest BCUT2D eigenvalue weighted by Gasteiger charge is 2.55. The van der Waals surface area contributed by atoms with Crippen LogP contribution in [0.2, 0.25) is 0 Å². The van der Waals surface area contributed by atoms with Crippen LogP contribution in [-0.2, 0) is 11.3 Å². The van der Waals surface area contributed by atoms with Crippen molar-refractivity contribution in [2.75, 3.05) is 33.8 Å². The first-order valence-corrected chi connectivity index (χ1v) is 10.2. The van der Waals surface area contributed by atoms with Gasteiger partial charge in [0.05, 0.1) is 18.9 Å². The van der Waals surface area contributed by atoms with E-state index in [1.165, 1.54) is 5.56 Å². The van der Waals surface area contributed by atoms with Crippen molar-refractivity contribution in [3.8, 4) is 5.75 Å². The molecule has 164 valence electrons. The molecule has 3 aliphatic rings. The van der Waals surface area contributed by atoms with E-state index in [1.54, 1.807) is 13.3 Å². The summed E-state index contributed by atoms with van der Waals surface area (Å²) in [5, 5.41) is 0. The van der Waals surface area contributed by atoms with Crippen LogP contribution in [-0.4, -0.2) is 59.0 Å². The lowest BCUT2D eigenvalue weighted by Crippen LogP contribution is -2.39. The highest BCUT2D eigenvalue weighted by molar-refractivity contribution is 5.86. The topological polar surface area (TPSA) is 50.6 Å². The molecule has 8 heteroatoms. The largest absolute Gasteiger partial charge is 0.497 e. The van der Waals surface area contributed by atoms with Crippen LogP contribution in [0.25, 0.3) is 0 Å². The van der Waals surface area contributed by atoms with Gasteiger partial charge in [-0.2, -0.15) is 0 Å². The van der Waals surface area contributed by atoms with Crippen LogP contribution in [0.4, 0.5) is 0 Å². The molecule has 1 aliphatic carbocycles. The van der Waals surface area contributed by atoms with Gasteiger partial charge in [0.15, 0.2) is 0 Å². The van der Waals surface area contributed by atoms with Gasteiger partial charge in [-0.15, -0.1) is 24.8 Å². The molecular formula is C22H30Cl2N4O2. The summed E-state index contributed by atoms with van der Waals surface area (Å²) in [6.45, 7) is 3.58. The molecule has 3 atom stereocenters. The van der Waals surface area contributed by atoms with Gasteiger partial charge in [0.25, 0.3) is 0 Å². The number of nitrogens with zero attached hydrogens (tertiary/aromatic N) is 4. The Morgan fingerprint density at radius 1 is 1.17 bits per heavy atom. The Labute approximate surface area is 190 Å². The summed E-state index contributed by atoms with van der Waals surface area (Å²) < 4.78 is 7.36. The summed E-state index contributed by atoms with van der Waals surface area (Å²) >= 11 is 0. The van der Waals surface area contributed by atoms with Gasteiger partial charge in [0.1, 0.15) is 5.75 Å². The predicted molar refractivity (Wildman–Crippen MR) is 120 cm³/mol. The number of fused-ring (bicyclic) bond motifs is 1. The Bertz CT molecular complexity index is 855. The van der Waals surface area contributed by atoms with Crippen LogP contribution >= 0.6 is 24.8 Å². The smallest absolute Gasteiger partial charge is 0.230 e. The molecule has 2 saturated heterocycles. The van der Waals surface area contributed by atoms with E-state index in [4.69, 9.17) is 4.74 Å². The SMILES string of the molecule is COc1ccc([C@@H]2[C@@H]3CN(C(=O)C4(Cn5ccnc5)CC4)C[C@@H]3CN2C)cc1.Cl.Cl. The average Bonchev–Trinajstić information content (AvgIpc) is 3.01. The number of ether oxygens (including phenoxy) is 1. The monoisotopic (exact) mass is 452 g/mol. The zero-order valence-corrected chi connectivity index (χ0v) is 19.1. The van der Waals surface area contributed by atoms with E-state index < -0.39 is 0 Å². The zero-order valence-electron chi connectivity index (χ0n) is 17.4. The second-order valence-electron chi connectivity index (χ2n) is 8.81. The van der Waals surface area contributed by atoms with Crippen molar-refractivity contribution in [3.63, 3.8) is 0 Å². The predicted octanol–water partition coefficient (Wildman–Crippen LogP) is 3.28. The van der Waals surface area contributed by atoms with E-state index in [2.05, 4.69) is 38.5 Å². The first-order chi connectivity index (χ1) is 13.6. The zero-order chi connectivity index (χ0) is 19.3. The van der Waals surface area contributed by atoms with Crippen molar-refractivity contribution in [2.24, 2.45) is 17.3 Å². The van der Waals surface area contributed by atoms with E-state index in [1.807, 2.05) is 24.7 Å². The van der Waals surface area contributed by atoms with E-state index in [0.29, 0.717) is 23.8 Å². The number of rotatable bonds is 5. The van der Waals surface area contributed by atoms with Gasteiger partial charge in [-0.3, -0.25) is 9.69 Å². The van der Waals surface area contributed by atoms with Gasteiger partial charge in [-0.25, -0.2) is 4.98 Å². The molecule has 1 amide bonds. The minimum Gasteiger partial charge on any atom is -0.497 e. The fourth-order valence-electron chi connectivity index (χ4n) is 5.38. The number of carbonyl (C=O) groups is 1. The first kappa shape index (κ1) is 22.9. The minimum absolute atomic E-state index is 0. The van der Waals surface area contributed by atoms with E-state index >= 15 is 0 Å². The molecule has 0 radical (unpaired) electrons. The standard InChI is InChI=1S/C22H28N4O2.2ClH/c1-24-11-17-12-26(21(27)22(7-8-22)14-25-10-9-23-15-25)13-19(17)20(24)16-3-5-18(28-2)6-4-16;;/h3-6,9-10,15,17,19-20H,7-8,11-14H2,1-2H3;2*1H/t17-,19+,20+;;/m0../s1. The number of halogens is 2. The van der Waals surface area contributed by atoms with Crippen LogP contribution in [0.1, 0.15) is 24.4 Å². The summed E-state index contributed by atoms with van der Waals surface area (Å²) in [6.07, 6.45) is 7.56. The summed E-state index contributed by atoms with van der Waals surface area (Å²) in [5.41, 5.74) is 1.13. The maximum atomic E-state index is 13.4. The molecule has 6 nitrogen and oxygen atoms in total. The van der Waals surface area contributed by atoms with Crippen molar-refractivity contribution < 1.29 is 9.53 Å². The van der Waals surface area contributed by atoms with Gasteiger partial charge in [-0.1, -0.05) is 12.1 Å². The summed E-state index contributed by atoms with van der Waals surface area (Å²) in [5.74, 6) is 2.31. The third-order valence-corrected chi connectivity index (χ3v) is 6.99. The third-order valence-electron chi connectivity index (χ3n) is 6.99. The van der Waals surface area contributed by atoms with Crippen molar-refractivity contribution in [3.05, 3.63) is 48.5 Å². The molecule has 1 saturated carbocycles. The lowest BCUT2D eigenvalue weighted by Gasteiger charge is -2.29. The molecule has 3 fully saturated rings. The maximum absolute atomic E-state index is 13.4. The number of benzene rings is 1. The van der Waals surface area contributed by atoms with Gasteiger partial charge >= 0.3 is 0 Å². The average molecular weight is 453 g/mol. The number of hydrogen-bond acceptors (Lipinski definition) is 4. The number of methoxy groups -OCH3 is 1. The van der Waals surface area contributed by atoms with Crippen LogP contribution in [0, 0.1) is 17.3 Å². The van der Waals surface area contributed by atoms with Gasteiger partial charge in [0.2, 0.25) is 5.91 Å². The number of aromatic nitrogens is 2. The molecule has 0 unspecified atom stereocenters. The molecule has 0 bridgehead atoms. The highest BCUT2D eigenvalue weighted by atomic mass is 35.5. The normalized spacial score (nSPS) is 26.5. The Morgan fingerprint density at radius 2 is 1.90 bits per heavy atom. The van der Waals surface area contributed by atoms with Crippen molar-refractivity contribution >= 4 is 30.7 Å². The van der Waals surface area contributed by atoms with Gasteiger partial charge < -0.3 is 14.2 Å². The van der Waals surface area contributed by atoms with Gasteiger partial charge in [0, 0.05) is 50.5 Å². The number of hydrogen-bond donors (Lipinski definition) is 0. The number of carbonyl (C=O) groups excluding carboxylic acids is 1. The molecule has 2 aliphatic heterocycles. The summed E-state index contributed by atoms with van der Waals surface area (Å²) in [6, 6.07) is 8.80. The fourth-order valence-corrected chi connectivity index (χ4v) is 5.38. The van der Waals surface area contributed by atoms with Crippen molar-refractivity contribution in [2.45, 2.75) is 25.4 Å². The van der Waals surface area contributed by atoms with Crippen LogP contribution < -0.4 is 4.74 Å². The number of likely N-dealkylation sites (tertiary alicyclic amines) is 2. The van der Waals surface area contributed by atoms with Gasteiger partial charge in [-0.05, 0) is 43.5 Å². The minimum atomic E-state index is -0.194. The van der Waals surface area contributed by atoms with Crippen LogP contribution in [0.15, 0.2) is 43.0 Å². The molecule has 2 aromatic rings. The Morgan fingerprint density at radius 3 is 2.50 bits per heavy atom. The number of imidazole rings is 1. The summed E-state index contributed by atoms with van der Waals surface area (Å²) in [4.78, 5) is 22.1. The van der Waals surface area contributed by atoms with E-state index in [9.17, 15) is 4.79 Å². The molecular weight excluding hydrogens is 423 g/mol. The molecule has 30 heavy (non-hydrogen) atoms. The van der Waals surface area contributed by atoms with E-state index in [-0.39, 0.29) is 30.2 Å². The Balaban J connectivity index is 0.00000128. The second kappa shape index (κ2) is 8.77.